The van der Waals surface area contributed by atoms with E-state index in [2.05, 4.69) is 10.6 Å². The van der Waals surface area contributed by atoms with Crippen molar-refractivity contribution in [3.63, 3.8) is 0 Å². The van der Waals surface area contributed by atoms with Crippen molar-refractivity contribution >= 4 is 23.2 Å². The van der Waals surface area contributed by atoms with Crippen molar-refractivity contribution in [3.8, 4) is 0 Å². The van der Waals surface area contributed by atoms with Crippen LogP contribution in [-0.2, 0) is 15.8 Å². The highest BCUT2D eigenvalue weighted by molar-refractivity contribution is 6.08. The fourth-order valence-corrected chi connectivity index (χ4v) is 1.85. The number of benzene rings is 2. The van der Waals surface area contributed by atoms with Crippen molar-refractivity contribution in [1.82, 2.24) is 0 Å². The molecule has 2 aromatic carbocycles. The molecule has 7 heteroatoms. The van der Waals surface area contributed by atoms with Gasteiger partial charge in [0, 0.05) is 11.4 Å². The van der Waals surface area contributed by atoms with E-state index in [0.29, 0.717) is 5.69 Å². The van der Waals surface area contributed by atoms with Crippen molar-refractivity contribution in [2.45, 2.75) is 12.6 Å². The maximum Gasteiger partial charge on any atom is 0.416 e. The minimum absolute atomic E-state index is 0.0164. The molecule has 0 saturated heterocycles. The molecule has 0 aliphatic carbocycles. The summed E-state index contributed by atoms with van der Waals surface area (Å²) in [5.74, 6) is -1.25. The highest BCUT2D eigenvalue weighted by Gasteiger charge is 2.30. The normalized spacial score (nSPS) is 10.9. The van der Waals surface area contributed by atoms with Gasteiger partial charge in [0.15, 0.2) is 0 Å². The quantitative estimate of drug-likeness (QED) is 0.844. The lowest BCUT2D eigenvalue weighted by atomic mass is 10.2. The minimum Gasteiger partial charge on any atom is -0.326 e. The summed E-state index contributed by atoms with van der Waals surface area (Å²) in [6.45, 7) is 0. The number of anilines is 2. The van der Waals surface area contributed by atoms with Gasteiger partial charge in [0.25, 0.3) is 0 Å². The number of hydrogen-bond donors (Lipinski definition) is 2. The van der Waals surface area contributed by atoms with Crippen molar-refractivity contribution in [2.24, 2.45) is 0 Å². The molecule has 2 aromatic rings. The summed E-state index contributed by atoms with van der Waals surface area (Å²) in [5, 5.41) is 4.79. The predicted octanol–water partition coefficient (Wildman–Crippen LogP) is 3.67. The van der Waals surface area contributed by atoms with Gasteiger partial charge >= 0.3 is 6.18 Å². The van der Waals surface area contributed by atoms with E-state index in [-0.39, 0.29) is 5.69 Å². The van der Waals surface area contributed by atoms with Gasteiger partial charge in [0.2, 0.25) is 11.8 Å². The molecule has 0 radical (unpaired) electrons. The largest absolute Gasteiger partial charge is 0.416 e. The van der Waals surface area contributed by atoms with E-state index in [4.69, 9.17) is 0 Å². The van der Waals surface area contributed by atoms with Gasteiger partial charge in [-0.05, 0) is 30.3 Å². The van der Waals surface area contributed by atoms with E-state index in [1.165, 1.54) is 12.1 Å². The third-order valence-electron chi connectivity index (χ3n) is 2.85. The Bertz CT molecular complexity index is 700. The number of alkyl halides is 3. The number of para-hydroxylation sites is 1. The van der Waals surface area contributed by atoms with Crippen molar-refractivity contribution in [2.75, 3.05) is 10.6 Å². The number of hydrogen-bond acceptors (Lipinski definition) is 2. The van der Waals surface area contributed by atoms with Gasteiger partial charge in [-0.15, -0.1) is 0 Å². The molecule has 120 valence electrons. The summed E-state index contributed by atoms with van der Waals surface area (Å²) in [6.07, 6.45) is -4.99. The maximum atomic E-state index is 12.6. The number of halogens is 3. The molecule has 4 nitrogen and oxygen atoms in total. The molecule has 0 bridgehead atoms. The molecule has 0 aliphatic rings. The van der Waals surface area contributed by atoms with Crippen molar-refractivity contribution < 1.29 is 22.8 Å². The number of amides is 2. The van der Waals surface area contributed by atoms with Gasteiger partial charge in [-0.1, -0.05) is 24.3 Å². The predicted molar refractivity (Wildman–Crippen MR) is 79.8 cm³/mol. The topological polar surface area (TPSA) is 58.2 Å². The highest BCUT2D eigenvalue weighted by Crippen LogP contribution is 2.30. The third-order valence-corrected chi connectivity index (χ3v) is 2.85. The molecule has 0 atom stereocenters. The summed E-state index contributed by atoms with van der Waals surface area (Å²) in [4.78, 5) is 23.4. The molecule has 2 N–H and O–H groups in total. The fraction of sp³-hybridized carbons (Fsp3) is 0.125. The third kappa shape index (κ3) is 5.14. The lowest BCUT2D eigenvalue weighted by molar-refractivity contribution is -0.137. The molecule has 0 fully saturated rings. The van der Waals surface area contributed by atoms with Gasteiger partial charge in [0.05, 0.1) is 5.56 Å². The Morgan fingerprint density at radius 3 is 2.00 bits per heavy atom. The van der Waals surface area contributed by atoms with E-state index in [1.807, 2.05) is 0 Å². The van der Waals surface area contributed by atoms with E-state index >= 15 is 0 Å². The Balaban J connectivity index is 1.93. The van der Waals surface area contributed by atoms with Crippen LogP contribution in [0.15, 0.2) is 54.6 Å². The summed E-state index contributed by atoms with van der Waals surface area (Å²) in [6, 6.07) is 12.7. The van der Waals surface area contributed by atoms with Crippen LogP contribution in [0.4, 0.5) is 24.5 Å². The Labute approximate surface area is 130 Å². The first-order chi connectivity index (χ1) is 10.8. The van der Waals surface area contributed by atoms with Crippen LogP contribution in [0.25, 0.3) is 0 Å². The molecule has 0 aromatic heterocycles. The molecule has 0 spiro atoms. The van der Waals surface area contributed by atoms with Crippen LogP contribution < -0.4 is 10.6 Å². The summed E-state index contributed by atoms with van der Waals surface area (Å²) in [7, 11) is 0. The molecule has 23 heavy (non-hydrogen) atoms. The fourth-order valence-electron chi connectivity index (χ4n) is 1.85. The van der Waals surface area contributed by atoms with Crippen LogP contribution in [0.5, 0.6) is 0 Å². The number of carbonyl (C=O) groups is 2. The maximum absolute atomic E-state index is 12.6. The van der Waals surface area contributed by atoms with Crippen LogP contribution in [0, 0.1) is 0 Å². The number of carbonyl (C=O) groups excluding carboxylic acids is 2. The van der Waals surface area contributed by atoms with E-state index in [0.717, 1.165) is 12.1 Å². The first-order valence-corrected chi connectivity index (χ1v) is 6.66. The minimum atomic E-state index is -4.49. The van der Waals surface area contributed by atoms with Crippen molar-refractivity contribution in [1.29, 1.82) is 0 Å². The molecule has 0 unspecified atom stereocenters. The summed E-state index contributed by atoms with van der Waals surface area (Å²) in [5.41, 5.74) is -0.356. The standard InChI is InChI=1S/C16H13F3N2O2/c17-16(18,19)11-5-4-8-13(9-11)21-15(23)10-14(22)20-12-6-2-1-3-7-12/h1-9H,10H2,(H,20,22)(H,21,23). The van der Waals surface area contributed by atoms with E-state index in [1.54, 1.807) is 30.3 Å². The Kier molecular flexibility index (Phi) is 5.00. The van der Waals surface area contributed by atoms with Gasteiger partial charge in [0.1, 0.15) is 6.42 Å². The first-order valence-electron chi connectivity index (χ1n) is 6.66. The van der Waals surface area contributed by atoms with Gasteiger partial charge in [-0.3, -0.25) is 9.59 Å². The summed E-state index contributed by atoms with van der Waals surface area (Å²) >= 11 is 0. The monoisotopic (exact) mass is 322 g/mol. The number of rotatable bonds is 4. The van der Waals surface area contributed by atoms with Crippen LogP contribution in [0.3, 0.4) is 0 Å². The second kappa shape index (κ2) is 6.95. The van der Waals surface area contributed by atoms with Gasteiger partial charge < -0.3 is 10.6 Å². The first kappa shape index (κ1) is 16.5. The molecule has 0 saturated carbocycles. The molecule has 2 amide bonds. The molecular formula is C16H13F3N2O2. The van der Waals surface area contributed by atoms with E-state index in [9.17, 15) is 22.8 Å². The lowest BCUT2D eigenvalue weighted by Crippen LogP contribution is -2.21. The SMILES string of the molecule is O=C(CC(=O)Nc1cccc(C(F)(F)F)c1)Nc1ccccc1. The molecule has 2 rings (SSSR count). The van der Waals surface area contributed by atoms with Crippen LogP contribution >= 0.6 is 0 Å². The lowest BCUT2D eigenvalue weighted by Gasteiger charge is -2.10. The zero-order chi connectivity index (χ0) is 16.9. The molecule has 0 heterocycles. The van der Waals surface area contributed by atoms with Gasteiger partial charge in [-0.2, -0.15) is 13.2 Å². The van der Waals surface area contributed by atoms with Crippen LogP contribution in [0.2, 0.25) is 0 Å². The Morgan fingerprint density at radius 2 is 1.39 bits per heavy atom. The van der Waals surface area contributed by atoms with Crippen LogP contribution in [-0.4, -0.2) is 11.8 Å². The van der Waals surface area contributed by atoms with E-state index < -0.39 is 30.0 Å². The Morgan fingerprint density at radius 1 is 0.826 bits per heavy atom. The summed E-state index contributed by atoms with van der Waals surface area (Å²) < 4.78 is 37.7. The second-order valence-corrected chi connectivity index (χ2v) is 4.72. The smallest absolute Gasteiger partial charge is 0.326 e. The van der Waals surface area contributed by atoms with Gasteiger partial charge in [-0.25, -0.2) is 0 Å². The second-order valence-electron chi connectivity index (χ2n) is 4.72. The average molecular weight is 322 g/mol. The van der Waals surface area contributed by atoms with Crippen LogP contribution in [0.1, 0.15) is 12.0 Å². The zero-order valence-electron chi connectivity index (χ0n) is 11.9. The zero-order valence-corrected chi connectivity index (χ0v) is 11.9. The average Bonchev–Trinajstić information content (AvgIpc) is 2.47. The Hall–Kier alpha value is -2.83. The molecule has 0 aliphatic heterocycles. The number of nitrogens with one attached hydrogen (secondary N) is 2. The van der Waals surface area contributed by atoms with Crippen molar-refractivity contribution in [3.05, 3.63) is 60.2 Å². The molecular weight excluding hydrogens is 309 g/mol. The highest BCUT2D eigenvalue weighted by atomic mass is 19.4.